The third-order valence-corrected chi connectivity index (χ3v) is 6.72. The highest BCUT2D eigenvalue weighted by atomic mass is 16.3. The molecule has 6 nitrogen and oxygen atoms in total. The van der Waals surface area contributed by atoms with E-state index in [2.05, 4.69) is 11.1 Å². The van der Waals surface area contributed by atoms with Crippen molar-refractivity contribution in [2.75, 3.05) is 13.1 Å². The van der Waals surface area contributed by atoms with Gasteiger partial charge in [-0.15, -0.1) is 0 Å². The number of hydrogen-bond donors (Lipinski definition) is 2. The first-order chi connectivity index (χ1) is 14.8. The van der Waals surface area contributed by atoms with Gasteiger partial charge in [0.25, 0.3) is 5.91 Å². The number of likely N-dealkylation sites (tertiary alicyclic amines) is 1. The van der Waals surface area contributed by atoms with E-state index in [1.54, 1.807) is 29.2 Å². The van der Waals surface area contributed by atoms with E-state index < -0.39 is 5.41 Å². The molecule has 0 bridgehead atoms. The summed E-state index contributed by atoms with van der Waals surface area (Å²) in [5, 5.41) is 19.8. The molecule has 0 unspecified atom stereocenters. The molecule has 156 valence electrons. The Morgan fingerprint density at radius 2 is 1.94 bits per heavy atom. The number of nitrogens with one attached hydrogen (secondary N) is 1. The van der Waals surface area contributed by atoms with Crippen LogP contribution in [0.15, 0.2) is 36.4 Å². The van der Waals surface area contributed by atoms with Crippen LogP contribution in [0.1, 0.15) is 69.8 Å². The van der Waals surface area contributed by atoms with E-state index in [1.165, 1.54) is 0 Å². The monoisotopic (exact) mass is 413 g/mol. The van der Waals surface area contributed by atoms with Crippen molar-refractivity contribution in [3.63, 3.8) is 0 Å². The van der Waals surface area contributed by atoms with Gasteiger partial charge in [0.2, 0.25) is 0 Å². The molecular formula is C25H23N3O3. The molecule has 1 aliphatic carbocycles. The number of ketones is 1. The molecule has 1 aromatic heterocycles. The number of aromatic nitrogens is 1. The van der Waals surface area contributed by atoms with Gasteiger partial charge in [-0.25, -0.2) is 0 Å². The second-order valence-corrected chi connectivity index (χ2v) is 8.99. The maximum Gasteiger partial charge on any atom is 0.253 e. The highest BCUT2D eigenvalue weighted by molar-refractivity contribution is 6.20. The van der Waals surface area contributed by atoms with Crippen LogP contribution in [0, 0.1) is 11.3 Å². The largest absolute Gasteiger partial charge is 0.393 e. The number of aliphatic hydroxyl groups is 1. The summed E-state index contributed by atoms with van der Waals surface area (Å²) in [6.45, 7) is 5.16. The van der Waals surface area contributed by atoms with Gasteiger partial charge < -0.3 is 15.0 Å². The highest BCUT2D eigenvalue weighted by Crippen LogP contribution is 2.44. The van der Waals surface area contributed by atoms with Gasteiger partial charge in [-0.3, -0.25) is 9.59 Å². The van der Waals surface area contributed by atoms with E-state index in [4.69, 9.17) is 0 Å². The number of benzene rings is 2. The number of carbonyl (C=O) groups is 2. The van der Waals surface area contributed by atoms with Gasteiger partial charge >= 0.3 is 0 Å². The average molecular weight is 413 g/mol. The van der Waals surface area contributed by atoms with Crippen molar-refractivity contribution in [2.24, 2.45) is 0 Å². The van der Waals surface area contributed by atoms with Crippen molar-refractivity contribution in [1.29, 1.82) is 5.26 Å². The molecule has 0 atom stereocenters. The predicted octanol–water partition coefficient (Wildman–Crippen LogP) is 3.51. The lowest BCUT2D eigenvalue weighted by molar-refractivity contribution is 0.0546. The molecule has 0 radical (unpaired) electrons. The number of nitrogens with zero attached hydrogens (tertiary/aromatic N) is 2. The fourth-order valence-corrected chi connectivity index (χ4v) is 4.88. The minimum Gasteiger partial charge on any atom is -0.393 e. The Hall–Kier alpha value is -3.43. The van der Waals surface area contributed by atoms with Crippen LogP contribution in [-0.4, -0.2) is 45.9 Å². The van der Waals surface area contributed by atoms with Gasteiger partial charge in [-0.05, 0) is 48.7 Å². The Balaban J connectivity index is 1.60. The van der Waals surface area contributed by atoms with Crippen LogP contribution < -0.4 is 0 Å². The first-order valence-electron chi connectivity index (χ1n) is 10.5. The molecule has 1 aliphatic heterocycles. The summed E-state index contributed by atoms with van der Waals surface area (Å²) in [4.78, 5) is 31.6. The van der Waals surface area contributed by atoms with Gasteiger partial charge in [0.1, 0.15) is 0 Å². The van der Waals surface area contributed by atoms with E-state index in [9.17, 15) is 20.0 Å². The number of amides is 1. The van der Waals surface area contributed by atoms with Crippen LogP contribution in [-0.2, 0) is 5.41 Å². The minimum absolute atomic E-state index is 0.0691. The topological polar surface area (TPSA) is 97.2 Å². The molecule has 6 heteroatoms. The summed E-state index contributed by atoms with van der Waals surface area (Å²) >= 11 is 0. The summed E-state index contributed by atoms with van der Waals surface area (Å²) in [6.07, 6.45) is 0.833. The number of piperidine rings is 1. The van der Waals surface area contributed by atoms with Gasteiger partial charge in [0, 0.05) is 46.2 Å². The second kappa shape index (κ2) is 6.79. The fraction of sp³-hybridized carbons (Fsp3) is 0.320. The zero-order valence-electron chi connectivity index (χ0n) is 17.5. The summed E-state index contributed by atoms with van der Waals surface area (Å²) in [5.74, 6) is -0.139. The smallest absolute Gasteiger partial charge is 0.253 e. The molecule has 2 heterocycles. The normalized spacial score (nSPS) is 17.9. The molecule has 3 aromatic rings. The maximum atomic E-state index is 13.4. The van der Waals surface area contributed by atoms with E-state index in [-0.39, 0.29) is 17.8 Å². The van der Waals surface area contributed by atoms with Crippen LogP contribution >= 0.6 is 0 Å². The molecule has 0 saturated carbocycles. The lowest BCUT2D eigenvalue weighted by Crippen LogP contribution is -2.40. The van der Waals surface area contributed by atoms with Gasteiger partial charge in [0.05, 0.1) is 23.3 Å². The third kappa shape index (κ3) is 2.88. The maximum absolute atomic E-state index is 13.4. The van der Waals surface area contributed by atoms with Crippen molar-refractivity contribution < 1.29 is 14.7 Å². The Morgan fingerprint density at radius 3 is 2.65 bits per heavy atom. The molecule has 1 fully saturated rings. The number of fused-ring (bicyclic) bond motifs is 4. The van der Waals surface area contributed by atoms with Gasteiger partial charge in [-0.1, -0.05) is 19.9 Å². The lowest BCUT2D eigenvalue weighted by atomic mass is 9.71. The Bertz CT molecular complexity index is 1290. The standard InChI is InChI=1S/C25H23N3O3/c1-25(2)19-12-15(24(31)28-9-7-16(29)8-10-28)4-6-17(19)22(30)21-18-5-3-14(13-26)11-20(18)27-23(21)25/h3-6,11-12,16,27,29H,7-10H2,1-2H3. The lowest BCUT2D eigenvalue weighted by Gasteiger charge is -2.33. The van der Waals surface area contributed by atoms with Crippen molar-refractivity contribution in [3.05, 3.63) is 69.9 Å². The number of carbonyl (C=O) groups excluding carboxylic acids is 2. The van der Waals surface area contributed by atoms with Crippen LogP contribution in [0.4, 0.5) is 0 Å². The number of aromatic amines is 1. The molecular weight excluding hydrogens is 390 g/mol. The number of H-pyrrole nitrogens is 1. The molecule has 0 spiro atoms. The van der Waals surface area contributed by atoms with Crippen molar-refractivity contribution in [3.8, 4) is 6.07 Å². The first kappa shape index (κ1) is 19.5. The molecule has 1 amide bonds. The average Bonchev–Trinajstić information content (AvgIpc) is 3.17. The van der Waals surface area contributed by atoms with E-state index >= 15 is 0 Å². The molecule has 2 aliphatic rings. The quantitative estimate of drug-likeness (QED) is 0.638. The summed E-state index contributed by atoms with van der Waals surface area (Å²) in [5.41, 5.74) is 4.21. The number of rotatable bonds is 1. The first-order valence-corrected chi connectivity index (χ1v) is 10.5. The van der Waals surface area contributed by atoms with E-state index in [1.807, 2.05) is 26.0 Å². The number of nitriles is 1. The van der Waals surface area contributed by atoms with Crippen molar-refractivity contribution in [1.82, 2.24) is 9.88 Å². The minimum atomic E-state index is -0.515. The van der Waals surface area contributed by atoms with Gasteiger partial charge in [-0.2, -0.15) is 5.26 Å². The third-order valence-electron chi connectivity index (χ3n) is 6.72. The van der Waals surface area contributed by atoms with Gasteiger partial charge in [0.15, 0.2) is 5.78 Å². The molecule has 5 rings (SSSR count). The predicted molar refractivity (Wildman–Crippen MR) is 116 cm³/mol. The zero-order chi connectivity index (χ0) is 21.9. The fourth-order valence-electron chi connectivity index (χ4n) is 4.88. The molecule has 1 saturated heterocycles. The van der Waals surface area contributed by atoms with E-state index in [0.717, 1.165) is 22.2 Å². The molecule has 2 N–H and O–H groups in total. The second-order valence-electron chi connectivity index (χ2n) is 8.99. The summed E-state index contributed by atoms with van der Waals surface area (Å²) in [6, 6.07) is 12.8. The van der Waals surface area contributed by atoms with Crippen LogP contribution in [0.3, 0.4) is 0 Å². The van der Waals surface area contributed by atoms with Crippen molar-refractivity contribution in [2.45, 2.75) is 38.2 Å². The number of hydrogen-bond acceptors (Lipinski definition) is 4. The van der Waals surface area contributed by atoms with E-state index in [0.29, 0.717) is 48.2 Å². The Kier molecular flexibility index (Phi) is 4.28. The van der Waals surface area contributed by atoms with Crippen LogP contribution in [0.2, 0.25) is 0 Å². The number of aliphatic hydroxyl groups excluding tert-OH is 1. The summed E-state index contributed by atoms with van der Waals surface area (Å²) < 4.78 is 0. The van der Waals surface area contributed by atoms with Crippen molar-refractivity contribution >= 4 is 22.6 Å². The summed E-state index contributed by atoms with van der Waals surface area (Å²) in [7, 11) is 0. The Morgan fingerprint density at radius 1 is 1.19 bits per heavy atom. The zero-order valence-corrected chi connectivity index (χ0v) is 17.5. The molecule has 2 aromatic carbocycles. The van der Waals surface area contributed by atoms with Crippen LogP contribution in [0.5, 0.6) is 0 Å². The highest BCUT2D eigenvalue weighted by Gasteiger charge is 2.40. The van der Waals surface area contributed by atoms with Crippen LogP contribution in [0.25, 0.3) is 10.9 Å². The molecule has 31 heavy (non-hydrogen) atoms. The Labute approximate surface area is 180 Å². The SMILES string of the molecule is CC1(C)c2cc(C(=O)N3CCC(O)CC3)ccc2C(=O)c2c1[nH]c1cc(C#N)ccc21.